The highest BCUT2D eigenvalue weighted by Gasteiger charge is 2.16. The predicted molar refractivity (Wildman–Crippen MR) is 71.4 cm³/mol. The Morgan fingerprint density at radius 1 is 1.25 bits per heavy atom. The summed E-state index contributed by atoms with van der Waals surface area (Å²) in [6, 6.07) is 4.72. The summed E-state index contributed by atoms with van der Waals surface area (Å²) in [4.78, 5) is 21.4. The molecule has 1 aromatic rings. The highest BCUT2D eigenvalue weighted by atomic mass is 31.2. The van der Waals surface area contributed by atoms with Crippen LogP contribution in [0.5, 0.6) is 5.75 Å². The fourth-order valence-electron chi connectivity index (χ4n) is 1.25. The fourth-order valence-corrected chi connectivity index (χ4v) is 2.00. The molecule has 0 bridgehead atoms. The van der Waals surface area contributed by atoms with Crippen molar-refractivity contribution in [1.29, 1.82) is 0 Å². The van der Waals surface area contributed by atoms with Crippen molar-refractivity contribution in [3.8, 4) is 5.75 Å². The Hall–Kier alpha value is -1.43. The van der Waals surface area contributed by atoms with E-state index in [9.17, 15) is 19.6 Å². The van der Waals surface area contributed by atoms with Gasteiger partial charge in [-0.2, -0.15) is 0 Å². The predicted octanol–water partition coefficient (Wildman–Crippen LogP) is 2.89. The SMILES string of the molecule is CC(C)(C)CCOP(=O)([O-])Oc1ccc([N+](=O)[O-])cc1. The summed E-state index contributed by atoms with van der Waals surface area (Å²) in [5, 5.41) is 10.5. The minimum absolute atomic E-state index is 0.0234. The van der Waals surface area contributed by atoms with Gasteiger partial charge in [0.15, 0.2) is 0 Å². The van der Waals surface area contributed by atoms with E-state index >= 15 is 0 Å². The molecule has 0 aliphatic carbocycles. The average molecular weight is 302 g/mol. The van der Waals surface area contributed by atoms with Crippen LogP contribution in [0, 0.1) is 15.5 Å². The van der Waals surface area contributed by atoms with E-state index in [4.69, 9.17) is 9.05 Å². The van der Waals surface area contributed by atoms with Gasteiger partial charge in [-0.1, -0.05) is 20.8 Å². The highest BCUT2D eigenvalue weighted by molar-refractivity contribution is 7.46. The number of phosphoric acid groups is 1. The first kappa shape index (κ1) is 16.6. The van der Waals surface area contributed by atoms with Gasteiger partial charge in [-0.15, -0.1) is 0 Å². The van der Waals surface area contributed by atoms with Crippen LogP contribution >= 0.6 is 7.82 Å². The van der Waals surface area contributed by atoms with E-state index < -0.39 is 12.7 Å². The molecule has 0 radical (unpaired) electrons. The minimum Gasteiger partial charge on any atom is -0.746 e. The van der Waals surface area contributed by atoms with Crippen LogP contribution in [0.25, 0.3) is 0 Å². The van der Waals surface area contributed by atoms with E-state index in [1.807, 2.05) is 20.8 Å². The standard InChI is InChI=1S/C12H18NO6P/c1-12(2,3)8-9-18-20(16,17)19-11-6-4-10(5-7-11)13(14)15/h4-7H,8-9H2,1-3H3,(H,16,17)/p-1. The maximum atomic E-state index is 11.6. The molecule has 1 aromatic carbocycles. The molecule has 7 nitrogen and oxygen atoms in total. The lowest BCUT2D eigenvalue weighted by Gasteiger charge is -2.25. The van der Waals surface area contributed by atoms with E-state index in [0.717, 1.165) is 12.1 Å². The van der Waals surface area contributed by atoms with Crippen molar-refractivity contribution in [2.45, 2.75) is 27.2 Å². The molecule has 1 rings (SSSR count). The number of non-ortho nitro benzene ring substituents is 1. The molecule has 0 fully saturated rings. The first-order valence-corrected chi connectivity index (χ1v) is 7.45. The largest absolute Gasteiger partial charge is 0.746 e. The Labute approximate surface area is 117 Å². The third-order valence-corrected chi connectivity index (χ3v) is 3.30. The summed E-state index contributed by atoms with van der Waals surface area (Å²) in [5.74, 6) is -0.0234. The van der Waals surface area contributed by atoms with Gasteiger partial charge in [-0.05, 0) is 24.0 Å². The Kier molecular flexibility index (Phi) is 5.28. The lowest BCUT2D eigenvalue weighted by Crippen LogP contribution is -2.15. The van der Waals surface area contributed by atoms with Gasteiger partial charge >= 0.3 is 7.82 Å². The zero-order chi connectivity index (χ0) is 15.4. The van der Waals surface area contributed by atoms with Gasteiger partial charge in [-0.25, -0.2) is 0 Å². The van der Waals surface area contributed by atoms with Gasteiger partial charge in [-0.3, -0.25) is 14.7 Å². The first-order chi connectivity index (χ1) is 9.09. The fraction of sp³-hybridized carbons (Fsp3) is 0.500. The number of phosphoric ester groups is 1. The van der Waals surface area contributed by atoms with Gasteiger partial charge in [0.25, 0.3) is 5.69 Å². The van der Waals surface area contributed by atoms with Crippen LogP contribution in [-0.2, 0) is 9.09 Å². The van der Waals surface area contributed by atoms with Crippen LogP contribution in [0.2, 0.25) is 0 Å². The van der Waals surface area contributed by atoms with Crippen molar-refractivity contribution in [3.05, 3.63) is 34.4 Å². The number of nitro benzene ring substituents is 1. The molecule has 0 saturated heterocycles. The van der Waals surface area contributed by atoms with Crippen LogP contribution in [0.3, 0.4) is 0 Å². The number of nitrogens with zero attached hydrogens (tertiary/aromatic N) is 1. The van der Waals surface area contributed by atoms with E-state index in [2.05, 4.69) is 0 Å². The molecular formula is C12H17NO6P-. The Morgan fingerprint density at radius 2 is 1.80 bits per heavy atom. The Morgan fingerprint density at radius 3 is 2.25 bits per heavy atom. The molecule has 0 spiro atoms. The van der Waals surface area contributed by atoms with Gasteiger partial charge in [0.05, 0.1) is 11.5 Å². The molecule has 0 aliphatic heterocycles. The molecule has 1 atom stereocenters. The first-order valence-electron chi connectivity index (χ1n) is 5.99. The number of benzene rings is 1. The Bertz CT molecular complexity index is 508. The molecular weight excluding hydrogens is 285 g/mol. The molecule has 0 N–H and O–H groups in total. The quantitative estimate of drug-likeness (QED) is 0.455. The van der Waals surface area contributed by atoms with Crippen molar-refractivity contribution in [3.63, 3.8) is 0 Å². The van der Waals surface area contributed by atoms with Crippen LogP contribution in [0.1, 0.15) is 27.2 Å². The van der Waals surface area contributed by atoms with Gasteiger partial charge in [0.1, 0.15) is 5.75 Å². The van der Waals surface area contributed by atoms with Crippen molar-refractivity contribution in [2.75, 3.05) is 6.61 Å². The lowest BCUT2D eigenvalue weighted by atomic mass is 9.93. The zero-order valence-corrected chi connectivity index (χ0v) is 12.5. The second-order valence-electron chi connectivity index (χ2n) is 5.43. The molecule has 0 aromatic heterocycles. The summed E-state index contributed by atoms with van der Waals surface area (Å²) in [6.07, 6.45) is 0.558. The topological polar surface area (TPSA) is 102 Å². The smallest absolute Gasteiger partial charge is 0.319 e. The van der Waals surface area contributed by atoms with E-state index in [1.165, 1.54) is 12.1 Å². The molecule has 0 heterocycles. The van der Waals surface area contributed by atoms with Gasteiger partial charge in [0, 0.05) is 12.1 Å². The summed E-state index contributed by atoms with van der Waals surface area (Å²) < 4.78 is 21.0. The van der Waals surface area contributed by atoms with Crippen molar-refractivity contribution >= 4 is 13.5 Å². The van der Waals surface area contributed by atoms with Crippen molar-refractivity contribution < 1.29 is 23.4 Å². The third-order valence-electron chi connectivity index (χ3n) is 2.37. The van der Waals surface area contributed by atoms with Crippen molar-refractivity contribution in [2.24, 2.45) is 5.41 Å². The maximum Gasteiger partial charge on any atom is 0.319 e. The molecule has 0 aliphatic rings. The maximum absolute atomic E-state index is 11.6. The second kappa shape index (κ2) is 6.35. The van der Waals surface area contributed by atoms with Crippen molar-refractivity contribution in [1.82, 2.24) is 0 Å². The lowest BCUT2D eigenvalue weighted by molar-refractivity contribution is -0.384. The zero-order valence-electron chi connectivity index (χ0n) is 11.6. The van der Waals surface area contributed by atoms with Crippen LogP contribution < -0.4 is 9.42 Å². The van der Waals surface area contributed by atoms with Gasteiger partial charge < -0.3 is 13.9 Å². The molecule has 0 amide bonds. The van der Waals surface area contributed by atoms with Crippen LogP contribution in [0.4, 0.5) is 5.69 Å². The summed E-state index contributed by atoms with van der Waals surface area (Å²) >= 11 is 0. The highest BCUT2D eigenvalue weighted by Crippen LogP contribution is 2.40. The number of rotatable bonds is 6. The second-order valence-corrected chi connectivity index (χ2v) is 6.77. The number of hydrogen-bond donors (Lipinski definition) is 0. The summed E-state index contributed by atoms with van der Waals surface area (Å²) in [7, 11) is -4.46. The van der Waals surface area contributed by atoms with Gasteiger partial charge in [0.2, 0.25) is 0 Å². The normalized spacial score (nSPS) is 14.6. The Balaban J connectivity index is 2.57. The van der Waals surface area contributed by atoms with Crippen LogP contribution in [0.15, 0.2) is 24.3 Å². The minimum atomic E-state index is -4.46. The van der Waals surface area contributed by atoms with E-state index in [-0.39, 0.29) is 23.5 Å². The number of nitro groups is 1. The number of hydrogen-bond acceptors (Lipinski definition) is 6. The average Bonchev–Trinajstić information content (AvgIpc) is 2.26. The molecule has 112 valence electrons. The molecule has 20 heavy (non-hydrogen) atoms. The van der Waals surface area contributed by atoms with E-state index in [0.29, 0.717) is 6.42 Å². The monoisotopic (exact) mass is 302 g/mol. The summed E-state index contributed by atoms with van der Waals surface area (Å²) in [5.41, 5.74) is -0.195. The molecule has 0 saturated carbocycles. The molecule has 1 unspecified atom stereocenters. The third kappa shape index (κ3) is 6.14. The van der Waals surface area contributed by atoms with E-state index in [1.54, 1.807) is 0 Å². The molecule has 8 heteroatoms. The van der Waals surface area contributed by atoms with Crippen LogP contribution in [-0.4, -0.2) is 11.5 Å². The summed E-state index contributed by atoms with van der Waals surface area (Å²) in [6.45, 7) is 5.91.